The number of aliphatic hydroxyl groups excluding tert-OH is 7. The highest BCUT2D eigenvalue weighted by molar-refractivity contribution is 4.67. The average molecular weight is 845 g/mol. The predicted octanol–water partition coefficient (Wildman–Crippen LogP) is -0.942. The molecule has 360 valence electrons. The van der Waals surface area contributed by atoms with Gasteiger partial charge < -0.3 is 94.6 Å². The molecule has 0 rings (SSSR count). The van der Waals surface area contributed by atoms with E-state index in [1.54, 1.807) is 27.9 Å². The zero-order valence-corrected chi connectivity index (χ0v) is 39.1. The molecule has 0 aromatic heterocycles. The topological polar surface area (TPSA) is 335 Å². The van der Waals surface area contributed by atoms with Gasteiger partial charge in [0.05, 0.1) is 59.5 Å². The Labute approximate surface area is 351 Å². The summed E-state index contributed by atoms with van der Waals surface area (Å²) in [5.74, 6) is 0. The Hall–Kier alpha value is -0.720. The van der Waals surface area contributed by atoms with Crippen LogP contribution in [0, 0.1) is 0 Å². The van der Waals surface area contributed by atoms with Gasteiger partial charge in [-0.25, -0.2) is 0 Å². The third-order valence-corrected chi connectivity index (χ3v) is 4.97. The second kappa shape index (κ2) is 79.4. The van der Waals surface area contributed by atoms with Gasteiger partial charge in [-0.1, -0.05) is 61.3 Å². The molecular formula is C39H104N8O10. The number of unbranched alkanes of at least 4 members (excludes halogenated alkanes) is 2. The molecule has 0 aliphatic rings. The van der Waals surface area contributed by atoms with Crippen LogP contribution in [0.5, 0.6) is 0 Å². The van der Waals surface area contributed by atoms with E-state index in [9.17, 15) is 0 Å². The minimum Gasteiger partial charge on any atom is -0.396 e. The van der Waals surface area contributed by atoms with Crippen LogP contribution in [0.4, 0.5) is 0 Å². The first kappa shape index (κ1) is 76.9. The van der Waals surface area contributed by atoms with Gasteiger partial charge >= 0.3 is 0 Å². The van der Waals surface area contributed by atoms with E-state index in [0.29, 0.717) is 64.1 Å². The molecule has 1 unspecified atom stereocenters. The molecule has 0 spiro atoms. The molecule has 57 heavy (non-hydrogen) atoms. The zero-order chi connectivity index (χ0) is 46.6. The Morgan fingerprint density at radius 1 is 0.544 bits per heavy atom. The van der Waals surface area contributed by atoms with Gasteiger partial charge in [0.15, 0.2) is 0 Å². The highest BCUT2D eigenvalue weighted by Crippen LogP contribution is 1.90. The molecule has 0 aromatic carbocycles. The number of rotatable bonds is 24. The summed E-state index contributed by atoms with van der Waals surface area (Å²) in [5, 5.41) is 66.1. The lowest BCUT2D eigenvalue weighted by atomic mass is 10.1. The van der Waals surface area contributed by atoms with Crippen molar-refractivity contribution in [1.82, 2.24) is 16.0 Å². The molecule has 18 heteroatoms. The van der Waals surface area contributed by atoms with Crippen molar-refractivity contribution in [2.24, 2.45) is 28.7 Å². The van der Waals surface area contributed by atoms with Crippen molar-refractivity contribution >= 4 is 0 Å². The molecule has 0 aromatic rings. The maximum absolute atomic E-state index is 8.28. The lowest BCUT2D eigenvalue weighted by Crippen LogP contribution is -2.35. The van der Waals surface area contributed by atoms with E-state index in [1.165, 1.54) is 6.42 Å². The predicted molar refractivity (Wildman–Crippen MR) is 241 cm³/mol. The van der Waals surface area contributed by atoms with Crippen molar-refractivity contribution in [3.8, 4) is 0 Å². The highest BCUT2D eigenvalue weighted by atomic mass is 16.5. The van der Waals surface area contributed by atoms with Crippen LogP contribution in [-0.2, 0) is 14.2 Å². The third-order valence-electron chi connectivity index (χ3n) is 4.97. The largest absolute Gasteiger partial charge is 0.396 e. The van der Waals surface area contributed by atoms with Gasteiger partial charge in [0.25, 0.3) is 0 Å². The molecule has 20 N–H and O–H groups in total. The van der Waals surface area contributed by atoms with E-state index in [4.69, 9.17) is 78.6 Å². The number of hydrogen-bond donors (Lipinski definition) is 15. The van der Waals surface area contributed by atoms with Crippen molar-refractivity contribution in [1.29, 1.82) is 0 Å². The number of nitrogens with one attached hydrogen (secondary N) is 3. The minimum absolute atomic E-state index is 0.0486. The fraction of sp³-hybridized carbons (Fsp3) is 1.00. The van der Waals surface area contributed by atoms with Crippen molar-refractivity contribution < 1.29 is 50.0 Å². The molecule has 0 fully saturated rings. The van der Waals surface area contributed by atoms with Crippen LogP contribution in [0.25, 0.3) is 0 Å². The van der Waals surface area contributed by atoms with Crippen LogP contribution in [0.2, 0.25) is 0 Å². The van der Waals surface area contributed by atoms with Crippen LogP contribution in [0.1, 0.15) is 102 Å². The summed E-state index contributed by atoms with van der Waals surface area (Å²) in [5.41, 5.74) is 24.7. The Morgan fingerprint density at radius 3 is 1.16 bits per heavy atom. The first-order valence-electron chi connectivity index (χ1n) is 20.6. The molecule has 0 radical (unpaired) electrons. The fourth-order valence-electron chi connectivity index (χ4n) is 2.07. The van der Waals surface area contributed by atoms with Gasteiger partial charge in [-0.3, -0.25) is 0 Å². The Balaban J connectivity index is -0.0000000656. The van der Waals surface area contributed by atoms with Crippen LogP contribution in [0.15, 0.2) is 0 Å². The van der Waals surface area contributed by atoms with Crippen LogP contribution < -0.4 is 44.6 Å². The molecule has 1 atom stereocenters. The maximum Gasteiger partial charge on any atom is 0.0698 e. The molecule has 0 saturated heterocycles. The van der Waals surface area contributed by atoms with E-state index in [0.717, 1.165) is 52.2 Å². The Kier molecular flexibility index (Phi) is 107. The summed E-state index contributed by atoms with van der Waals surface area (Å²) in [7, 11) is 1.71. The quantitative estimate of drug-likeness (QED) is 0.0521. The summed E-state index contributed by atoms with van der Waals surface area (Å²) in [6, 6.07) is 1.58. The summed E-state index contributed by atoms with van der Waals surface area (Å²) >= 11 is 0. The second-order valence-corrected chi connectivity index (χ2v) is 13.5. The second-order valence-electron chi connectivity index (χ2n) is 13.5. The number of aliphatic hydroxyl groups is 7. The summed E-state index contributed by atoms with van der Waals surface area (Å²) in [4.78, 5) is 0. The van der Waals surface area contributed by atoms with Gasteiger partial charge in [0.1, 0.15) is 0 Å². The number of methoxy groups -OCH3 is 1. The third kappa shape index (κ3) is 183. The van der Waals surface area contributed by atoms with Gasteiger partial charge in [-0.2, -0.15) is 0 Å². The average Bonchev–Trinajstić information content (AvgIpc) is 3.17. The molecule has 0 bridgehead atoms. The van der Waals surface area contributed by atoms with Gasteiger partial charge in [-0.05, 0) is 47.1 Å². The molecule has 0 saturated carbocycles. The van der Waals surface area contributed by atoms with Crippen molar-refractivity contribution in [2.75, 3.05) is 126 Å². The van der Waals surface area contributed by atoms with E-state index in [-0.39, 0.29) is 45.7 Å². The molecule has 0 amide bonds. The van der Waals surface area contributed by atoms with Crippen molar-refractivity contribution in [3.63, 3.8) is 0 Å². The van der Waals surface area contributed by atoms with E-state index in [2.05, 4.69) is 64.4 Å². The lowest BCUT2D eigenvalue weighted by molar-refractivity contribution is 0.0976. The first-order valence-corrected chi connectivity index (χ1v) is 20.6. The van der Waals surface area contributed by atoms with E-state index < -0.39 is 5.54 Å². The zero-order valence-electron chi connectivity index (χ0n) is 39.1. The van der Waals surface area contributed by atoms with Crippen LogP contribution >= 0.6 is 0 Å². The Bertz CT molecular complexity index is 548. The van der Waals surface area contributed by atoms with Gasteiger partial charge in [-0.15, -0.1) is 0 Å². The SMILES string of the molecule is CC(C)(N)CO.CC(C)NCCO.CC(N)CO.CCCCCO.CCOCCNC(C)C.COCCNC(C)C.NCCCO.NCCO.NCCOCCO. The highest BCUT2D eigenvalue weighted by Gasteiger charge is 2.05. The monoisotopic (exact) mass is 845 g/mol. The molecule has 0 heterocycles. The van der Waals surface area contributed by atoms with Gasteiger partial charge in [0, 0.05) is 89.4 Å². The summed E-state index contributed by atoms with van der Waals surface area (Å²) in [6.07, 6.45) is 4.05. The van der Waals surface area contributed by atoms with Crippen molar-refractivity contribution in [2.45, 2.75) is 132 Å². The molecule has 18 nitrogen and oxygen atoms in total. The standard InChI is InChI=1S/C7H17NO.C6H15NO.C5H13NO.C5H12O.C4H11NO2.C4H11NO.2C3H9NO.C2H7NO/c1-4-9-6-5-8-7(2)3;1-6(2)7-4-5-8-3;1-5(2)6-3-4-7;1-2-3-4-5-6;5-1-3-7-4-2-6;1-4(2,5)3-6;1-3(4)2-5;4-2-1-3-5;3-1-2-4/h7-8H,4-6H2,1-3H3;6-7H,4-5H2,1-3H3;5-7H,3-4H2,1-2H3;6H,2-5H2,1H3;6H,1-5H2;6H,3,5H2,1-2H3;3,5H,2,4H2,1H3;5H,1-4H2;4H,1-3H2. The van der Waals surface area contributed by atoms with Crippen LogP contribution in [0.3, 0.4) is 0 Å². The molecule has 0 aliphatic heterocycles. The normalized spacial score (nSPS) is 10.4. The number of hydrogen-bond acceptors (Lipinski definition) is 18. The first-order chi connectivity index (χ1) is 26.8. The molecule has 0 aliphatic carbocycles. The van der Waals surface area contributed by atoms with Crippen LogP contribution in [-0.4, -0.2) is 191 Å². The van der Waals surface area contributed by atoms with E-state index >= 15 is 0 Å². The fourth-order valence-corrected chi connectivity index (χ4v) is 2.07. The molecular weight excluding hydrogens is 740 g/mol. The smallest absolute Gasteiger partial charge is 0.0698 e. The van der Waals surface area contributed by atoms with Crippen molar-refractivity contribution in [3.05, 3.63) is 0 Å². The summed E-state index contributed by atoms with van der Waals surface area (Å²) < 4.78 is 14.7. The lowest BCUT2D eigenvalue weighted by Gasteiger charge is -2.12. The Morgan fingerprint density at radius 2 is 0.965 bits per heavy atom. The van der Waals surface area contributed by atoms with E-state index in [1.807, 2.05) is 6.92 Å². The number of nitrogens with two attached hydrogens (primary N) is 5. The number of ether oxygens (including phenoxy) is 3. The summed E-state index contributed by atoms with van der Waals surface area (Å²) in [6.45, 7) is 30.7. The minimum atomic E-state index is -0.403. The maximum atomic E-state index is 8.28. The van der Waals surface area contributed by atoms with Gasteiger partial charge in [0.2, 0.25) is 0 Å².